The molecular formula is C11H12S. The molecule has 0 radical (unpaired) electrons. The van der Waals surface area contributed by atoms with Crippen LogP contribution < -0.4 is 0 Å². The summed E-state index contributed by atoms with van der Waals surface area (Å²) in [4.78, 5) is 0. The van der Waals surface area contributed by atoms with Crippen LogP contribution in [0.3, 0.4) is 0 Å². The smallest absolute Gasteiger partial charge is 0.0309 e. The highest BCUT2D eigenvalue weighted by molar-refractivity contribution is 8.00. The summed E-state index contributed by atoms with van der Waals surface area (Å²) < 4.78 is 0. The van der Waals surface area contributed by atoms with Crippen LogP contribution in [-0.4, -0.2) is 0 Å². The van der Waals surface area contributed by atoms with Crippen LogP contribution in [0.25, 0.3) is 0 Å². The van der Waals surface area contributed by atoms with E-state index in [9.17, 15) is 0 Å². The third-order valence-electron chi connectivity index (χ3n) is 3.05. The number of thioether (sulfide) groups is 1. The summed E-state index contributed by atoms with van der Waals surface area (Å²) in [5, 5.41) is 1.68. The third-order valence-corrected chi connectivity index (χ3v) is 4.66. The minimum Gasteiger partial charge on any atom is -0.146 e. The van der Waals surface area contributed by atoms with Crippen molar-refractivity contribution in [2.24, 2.45) is 0 Å². The van der Waals surface area contributed by atoms with Crippen molar-refractivity contribution in [1.29, 1.82) is 0 Å². The van der Waals surface area contributed by atoms with Gasteiger partial charge in [-0.15, -0.1) is 11.8 Å². The van der Waals surface area contributed by atoms with Gasteiger partial charge in [-0.05, 0) is 36.5 Å². The van der Waals surface area contributed by atoms with E-state index in [1.807, 2.05) is 0 Å². The lowest BCUT2D eigenvalue weighted by atomic mass is 9.89. The van der Waals surface area contributed by atoms with Crippen LogP contribution in [0.1, 0.15) is 40.0 Å². The molecule has 0 unspecified atom stereocenters. The fourth-order valence-corrected chi connectivity index (χ4v) is 4.25. The average molecular weight is 176 g/mol. The Morgan fingerprint density at radius 2 is 2.08 bits per heavy atom. The van der Waals surface area contributed by atoms with E-state index in [1.165, 1.54) is 18.4 Å². The highest BCUT2D eigenvalue weighted by Crippen LogP contribution is 2.61. The molecule has 2 atom stereocenters. The Kier molecular flexibility index (Phi) is 1.34. The van der Waals surface area contributed by atoms with Crippen LogP contribution in [0.5, 0.6) is 0 Å². The van der Waals surface area contributed by atoms with Gasteiger partial charge in [-0.25, -0.2) is 0 Å². The zero-order valence-corrected chi connectivity index (χ0v) is 8.03. The molecule has 0 amide bonds. The van der Waals surface area contributed by atoms with Gasteiger partial charge in [0.2, 0.25) is 0 Å². The van der Waals surface area contributed by atoms with Crippen molar-refractivity contribution in [2.45, 2.75) is 30.3 Å². The maximum absolute atomic E-state index is 2.32. The minimum atomic E-state index is 0.838. The lowest BCUT2D eigenvalue weighted by Gasteiger charge is -2.14. The minimum absolute atomic E-state index is 0.838. The summed E-state index contributed by atoms with van der Waals surface area (Å²) in [6.07, 6.45) is 2.82. The van der Waals surface area contributed by atoms with Gasteiger partial charge in [-0.2, -0.15) is 0 Å². The standard InChI is InChI=1S/C11H12S/c1-7-3-2-4-8-9-5-6-10(12-9)11(7)8/h2-4,9-10H,5-6H2,1H3/t9-,10+/m0/s1. The van der Waals surface area contributed by atoms with E-state index in [0.29, 0.717) is 0 Å². The first kappa shape index (κ1) is 7.02. The molecule has 2 heterocycles. The first-order valence-corrected chi connectivity index (χ1v) is 5.55. The Morgan fingerprint density at radius 1 is 1.25 bits per heavy atom. The van der Waals surface area contributed by atoms with Gasteiger partial charge in [0, 0.05) is 10.5 Å². The van der Waals surface area contributed by atoms with Crippen LogP contribution in [0.2, 0.25) is 0 Å². The molecular weight excluding hydrogens is 164 g/mol. The van der Waals surface area contributed by atoms with Crippen LogP contribution in [-0.2, 0) is 0 Å². The first-order valence-electron chi connectivity index (χ1n) is 4.61. The number of hydrogen-bond acceptors (Lipinski definition) is 1. The number of benzene rings is 1. The molecule has 3 rings (SSSR count). The van der Waals surface area contributed by atoms with E-state index in [0.717, 1.165) is 10.5 Å². The van der Waals surface area contributed by atoms with Crippen molar-refractivity contribution in [3.8, 4) is 0 Å². The van der Waals surface area contributed by atoms with Gasteiger partial charge in [-0.3, -0.25) is 0 Å². The fourth-order valence-electron chi connectivity index (χ4n) is 2.50. The summed E-state index contributed by atoms with van der Waals surface area (Å²) in [5.41, 5.74) is 4.81. The van der Waals surface area contributed by atoms with Crippen LogP contribution in [0.4, 0.5) is 0 Å². The summed E-state index contributed by atoms with van der Waals surface area (Å²) in [6, 6.07) is 6.77. The lowest BCUT2D eigenvalue weighted by Crippen LogP contribution is -1.99. The van der Waals surface area contributed by atoms with Crippen molar-refractivity contribution in [3.63, 3.8) is 0 Å². The van der Waals surface area contributed by atoms with Crippen molar-refractivity contribution in [2.75, 3.05) is 0 Å². The van der Waals surface area contributed by atoms with Gasteiger partial charge in [-0.1, -0.05) is 18.2 Å². The molecule has 0 N–H and O–H groups in total. The Bertz CT molecular complexity index is 330. The molecule has 1 heteroatoms. The summed E-state index contributed by atoms with van der Waals surface area (Å²) in [5.74, 6) is 0. The third kappa shape index (κ3) is 0.752. The van der Waals surface area contributed by atoms with Crippen LogP contribution in [0.15, 0.2) is 18.2 Å². The molecule has 1 aromatic carbocycles. The maximum Gasteiger partial charge on any atom is 0.0309 e. The summed E-state index contributed by atoms with van der Waals surface area (Å²) >= 11 is 2.17. The molecule has 62 valence electrons. The second-order valence-corrected chi connectivity index (χ2v) is 5.18. The van der Waals surface area contributed by atoms with Gasteiger partial charge in [0.15, 0.2) is 0 Å². The van der Waals surface area contributed by atoms with E-state index >= 15 is 0 Å². The maximum atomic E-state index is 2.32. The van der Waals surface area contributed by atoms with Gasteiger partial charge in [0.05, 0.1) is 0 Å². The molecule has 0 saturated carbocycles. The van der Waals surface area contributed by atoms with Crippen molar-refractivity contribution < 1.29 is 0 Å². The molecule has 1 aromatic rings. The predicted octanol–water partition coefficient (Wildman–Crippen LogP) is 3.62. The first-order chi connectivity index (χ1) is 5.86. The molecule has 0 aliphatic carbocycles. The molecule has 12 heavy (non-hydrogen) atoms. The largest absolute Gasteiger partial charge is 0.146 e. The number of fused-ring (bicyclic) bond motifs is 5. The molecule has 0 aromatic heterocycles. The monoisotopic (exact) mass is 176 g/mol. The Labute approximate surface area is 77.4 Å². The number of hydrogen-bond donors (Lipinski definition) is 0. The van der Waals surface area contributed by atoms with Crippen LogP contribution >= 0.6 is 11.8 Å². The van der Waals surface area contributed by atoms with Crippen molar-refractivity contribution >= 4 is 11.8 Å². The second-order valence-electron chi connectivity index (χ2n) is 3.77. The normalized spacial score (nSPS) is 30.8. The van der Waals surface area contributed by atoms with E-state index in [4.69, 9.17) is 0 Å². The zero-order chi connectivity index (χ0) is 8.13. The molecule has 2 aliphatic heterocycles. The second kappa shape index (κ2) is 2.29. The highest BCUT2D eigenvalue weighted by atomic mass is 32.2. The van der Waals surface area contributed by atoms with E-state index in [1.54, 1.807) is 11.1 Å². The van der Waals surface area contributed by atoms with Gasteiger partial charge in [0.25, 0.3) is 0 Å². The fraction of sp³-hybridized carbons (Fsp3) is 0.455. The average Bonchev–Trinajstić information content (AvgIpc) is 2.64. The molecule has 2 bridgehead atoms. The number of rotatable bonds is 0. The lowest BCUT2D eigenvalue weighted by molar-refractivity contribution is 0.713. The Hall–Kier alpha value is -0.430. The molecule has 1 saturated heterocycles. The van der Waals surface area contributed by atoms with E-state index < -0.39 is 0 Å². The summed E-state index contributed by atoms with van der Waals surface area (Å²) in [7, 11) is 0. The predicted molar refractivity (Wildman–Crippen MR) is 53.5 cm³/mol. The Balaban J connectivity index is 2.26. The van der Waals surface area contributed by atoms with Gasteiger partial charge < -0.3 is 0 Å². The van der Waals surface area contributed by atoms with Crippen molar-refractivity contribution in [1.82, 2.24) is 0 Å². The van der Waals surface area contributed by atoms with E-state index in [-0.39, 0.29) is 0 Å². The van der Waals surface area contributed by atoms with Crippen molar-refractivity contribution in [3.05, 3.63) is 34.9 Å². The zero-order valence-electron chi connectivity index (χ0n) is 7.21. The molecule has 0 spiro atoms. The summed E-state index contributed by atoms with van der Waals surface area (Å²) in [6.45, 7) is 2.25. The van der Waals surface area contributed by atoms with E-state index in [2.05, 4.69) is 36.9 Å². The quantitative estimate of drug-likeness (QED) is 0.582. The van der Waals surface area contributed by atoms with Gasteiger partial charge >= 0.3 is 0 Å². The molecule has 2 aliphatic rings. The number of aryl methyl sites for hydroxylation is 1. The molecule has 1 fully saturated rings. The Morgan fingerprint density at radius 3 is 2.92 bits per heavy atom. The van der Waals surface area contributed by atoms with Gasteiger partial charge in [0.1, 0.15) is 0 Å². The SMILES string of the molecule is Cc1cccc2c1[C@H]1CC[C@@H]2S1. The van der Waals surface area contributed by atoms with Crippen LogP contribution in [0, 0.1) is 6.92 Å². The molecule has 0 nitrogen and oxygen atoms in total. The topological polar surface area (TPSA) is 0 Å². The highest BCUT2D eigenvalue weighted by Gasteiger charge is 2.37.